The summed E-state index contributed by atoms with van der Waals surface area (Å²) < 4.78 is 18.8. The van der Waals surface area contributed by atoms with Gasteiger partial charge in [-0.15, -0.1) is 0 Å². The van der Waals surface area contributed by atoms with E-state index in [1.54, 1.807) is 47.4 Å². The van der Waals surface area contributed by atoms with Crippen molar-refractivity contribution in [3.05, 3.63) is 75.9 Å². The predicted octanol–water partition coefficient (Wildman–Crippen LogP) is 4.31. The molecular formula is C24H23FN2O4S. The number of ether oxygens (including phenoxy) is 1. The number of rotatable bonds is 4. The maximum atomic E-state index is 13.1. The number of benzene rings is 2. The van der Waals surface area contributed by atoms with Gasteiger partial charge in [0.2, 0.25) is 0 Å². The van der Waals surface area contributed by atoms with Crippen molar-refractivity contribution >= 4 is 34.9 Å². The lowest BCUT2D eigenvalue weighted by atomic mass is 10.1. The summed E-state index contributed by atoms with van der Waals surface area (Å²) in [5, 5.41) is -0.380. The van der Waals surface area contributed by atoms with E-state index in [2.05, 4.69) is 0 Å². The fourth-order valence-electron chi connectivity index (χ4n) is 3.85. The van der Waals surface area contributed by atoms with Crippen LogP contribution in [-0.2, 0) is 16.1 Å². The lowest BCUT2D eigenvalue weighted by Crippen LogP contribution is -2.48. The van der Waals surface area contributed by atoms with Crippen LogP contribution in [0.3, 0.4) is 0 Å². The Labute approximate surface area is 190 Å². The van der Waals surface area contributed by atoms with E-state index in [1.165, 1.54) is 12.1 Å². The zero-order chi connectivity index (χ0) is 22.8. The molecular weight excluding hydrogens is 431 g/mol. The van der Waals surface area contributed by atoms with E-state index in [-0.39, 0.29) is 40.6 Å². The molecule has 32 heavy (non-hydrogen) atoms. The molecule has 6 nitrogen and oxygen atoms in total. The molecule has 0 spiro atoms. The van der Waals surface area contributed by atoms with Gasteiger partial charge in [-0.1, -0.05) is 24.3 Å². The van der Waals surface area contributed by atoms with E-state index < -0.39 is 5.91 Å². The van der Waals surface area contributed by atoms with Crippen molar-refractivity contribution in [1.82, 2.24) is 9.80 Å². The van der Waals surface area contributed by atoms with Crippen molar-refractivity contribution in [2.45, 2.75) is 32.6 Å². The number of imide groups is 1. The van der Waals surface area contributed by atoms with Gasteiger partial charge in [-0.25, -0.2) is 4.39 Å². The van der Waals surface area contributed by atoms with Gasteiger partial charge in [-0.3, -0.25) is 19.3 Å². The highest BCUT2D eigenvalue weighted by molar-refractivity contribution is 8.18. The van der Waals surface area contributed by atoms with Crippen molar-refractivity contribution in [2.75, 3.05) is 13.1 Å². The summed E-state index contributed by atoms with van der Waals surface area (Å²) in [5.74, 6) is -0.873. The molecule has 2 unspecified atom stereocenters. The van der Waals surface area contributed by atoms with Crippen LogP contribution in [0.25, 0.3) is 6.08 Å². The van der Waals surface area contributed by atoms with Crippen LogP contribution in [-0.4, -0.2) is 52.2 Å². The van der Waals surface area contributed by atoms with Crippen molar-refractivity contribution in [2.24, 2.45) is 0 Å². The molecule has 0 aromatic heterocycles. The number of morpholine rings is 1. The maximum Gasteiger partial charge on any atom is 0.293 e. The average molecular weight is 455 g/mol. The number of thioether (sulfide) groups is 1. The zero-order valence-corrected chi connectivity index (χ0v) is 18.6. The van der Waals surface area contributed by atoms with Crippen LogP contribution in [0.2, 0.25) is 0 Å². The summed E-state index contributed by atoms with van der Waals surface area (Å²) in [7, 11) is 0. The van der Waals surface area contributed by atoms with E-state index in [0.717, 1.165) is 16.7 Å². The van der Waals surface area contributed by atoms with Crippen molar-refractivity contribution in [3.63, 3.8) is 0 Å². The van der Waals surface area contributed by atoms with Gasteiger partial charge >= 0.3 is 0 Å². The molecule has 0 bridgehead atoms. The largest absolute Gasteiger partial charge is 0.372 e. The topological polar surface area (TPSA) is 66.9 Å². The SMILES string of the molecule is CC1CN(C(=O)c2cccc(/C=C3\SC(=O)N(Cc4ccc(F)cc4)C3=O)c2)CC(C)O1. The smallest absolute Gasteiger partial charge is 0.293 e. The van der Waals surface area contributed by atoms with Crippen LogP contribution in [0.5, 0.6) is 0 Å². The van der Waals surface area contributed by atoms with Crippen LogP contribution in [0.4, 0.5) is 9.18 Å². The van der Waals surface area contributed by atoms with Gasteiger partial charge in [0.15, 0.2) is 0 Å². The van der Waals surface area contributed by atoms with E-state index in [4.69, 9.17) is 4.74 Å². The van der Waals surface area contributed by atoms with Crippen LogP contribution >= 0.6 is 11.8 Å². The molecule has 2 fully saturated rings. The van der Waals surface area contributed by atoms with Gasteiger partial charge in [-0.05, 0) is 67.1 Å². The second kappa shape index (κ2) is 9.26. The summed E-state index contributed by atoms with van der Waals surface area (Å²) >= 11 is 0.855. The quantitative estimate of drug-likeness (QED) is 0.644. The summed E-state index contributed by atoms with van der Waals surface area (Å²) in [4.78, 5) is 41.3. The fraction of sp³-hybridized carbons (Fsp3) is 0.292. The van der Waals surface area contributed by atoms with Gasteiger partial charge in [-0.2, -0.15) is 0 Å². The Morgan fingerprint density at radius 3 is 2.50 bits per heavy atom. The molecule has 2 aliphatic heterocycles. The average Bonchev–Trinajstić information content (AvgIpc) is 3.01. The number of carbonyl (C=O) groups excluding carboxylic acids is 3. The number of hydrogen-bond donors (Lipinski definition) is 0. The molecule has 0 aliphatic carbocycles. The highest BCUT2D eigenvalue weighted by atomic mass is 32.2. The third-order valence-corrected chi connectivity index (χ3v) is 6.17. The van der Waals surface area contributed by atoms with Gasteiger partial charge in [0.05, 0.1) is 23.7 Å². The molecule has 166 valence electrons. The van der Waals surface area contributed by atoms with E-state index in [1.807, 2.05) is 13.8 Å². The lowest BCUT2D eigenvalue weighted by Gasteiger charge is -2.35. The Bertz CT molecular complexity index is 1080. The summed E-state index contributed by atoms with van der Waals surface area (Å²) in [6, 6.07) is 12.7. The van der Waals surface area contributed by atoms with Crippen molar-refractivity contribution in [3.8, 4) is 0 Å². The highest BCUT2D eigenvalue weighted by Crippen LogP contribution is 2.33. The minimum Gasteiger partial charge on any atom is -0.372 e. The molecule has 3 amide bonds. The Kier molecular flexibility index (Phi) is 6.43. The third-order valence-electron chi connectivity index (χ3n) is 5.27. The molecule has 2 aromatic rings. The summed E-state index contributed by atoms with van der Waals surface area (Å²) in [6.45, 7) is 5.00. The molecule has 2 heterocycles. The zero-order valence-electron chi connectivity index (χ0n) is 17.8. The molecule has 2 aromatic carbocycles. The number of nitrogens with zero attached hydrogens (tertiary/aromatic N) is 2. The van der Waals surface area contributed by atoms with Crippen LogP contribution in [0, 0.1) is 5.82 Å². The first-order valence-corrected chi connectivity index (χ1v) is 11.2. The highest BCUT2D eigenvalue weighted by Gasteiger charge is 2.35. The fourth-order valence-corrected chi connectivity index (χ4v) is 4.69. The lowest BCUT2D eigenvalue weighted by molar-refractivity contribution is -0.123. The van der Waals surface area contributed by atoms with Crippen molar-refractivity contribution in [1.29, 1.82) is 0 Å². The van der Waals surface area contributed by atoms with E-state index >= 15 is 0 Å². The first kappa shape index (κ1) is 22.2. The number of carbonyl (C=O) groups is 3. The number of hydrogen-bond acceptors (Lipinski definition) is 5. The minimum atomic E-state index is -0.406. The van der Waals surface area contributed by atoms with Gasteiger partial charge in [0, 0.05) is 18.7 Å². The molecule has 4 rings (SSSR count). The molecule has 2 saturated heterocycles. The Balaban J connectivity index is 1.50. The molecule has 2 atom stereocenters. The second-order valence-corrected chi connectivity index (χ2v) is 8.98. The number of halogens is 1. The first-order valence-electron chi connectivity index (χ1n) is 10.3. The Morgan fingerprint density at radius 2 is 1.81 bits per heavy atom. The standard InChI is InChI=1S/C24H23FN2O4S/c1-15-12-26(13-16(2)31-15)22(28)19-5-3-4-18(10-19)11-21-23(29)27(24(30)32-21)14-17-6-8-20(25)9-7-17/h3-11,15-16H,12-14H2,1-2H3/b21-11-. The second-order valence-electron chi connectivity index (χ2n) is 7.99. The van der Waals surface area contributed by atoms with Crippen LogP contribution in [0.1, 0.15) is 35.3 Å². The van der Waals surface area contributed by atoms with Gasteiger partial charge in [0.1, 0.15) is 5.82 Å². The van der Waals surface area contributed by atoms with Crippen LogP contribution in [0.15, 0.2) is 53.4 Å². The molecule has 0 radical (unpaired) electrons. The molecule has 0 N–H and O–H groups in total. The summed E-state index contributed by atoms with van der Waals surface area (Å²) in [6.07, 6.45) is 1.56. The first-order chi connectivity index (χ1) is 15.3. The predicted molar refractivity (Wildman–Crippen MR) is 120 cm³/mol. The monoisotopic (exact) mass is 454 g/mol. The number of amides is 3. The van der Waals surface area contributed by atoms with Crippen LogP contribution < -0.4 is 0 Å². The van der Waals surface area contributed by atoms with Crippen molar-refractivity contribution < 1.29 is 23.5 Å². The van der Waals surface area contributed by atoms with E-state index in [0.29, 0.717) is 29.8 Å². The minimum absolute atomic E-state index is 0.0291. The molecule has 0 saturated carbocycles. The van der Waals surface area contributed by atoms with Gasteiger partial charge in [0.25, 0.3) is 17.1 Å². The Morgan fingerprint density at radius 1 is 1.12 bits per heavy atom. The third kappa shape index (κ3) is 4.92. The molecule has 8 heteroatoms. The normalized spacial score (nSPS) is 22.7. The summed E-state index contributed by atoms with van der Waals surface area (Å²) in [5.41, 5.74) is 1.85. The van der Waals surface area contributed by atoms with E-state index in [9.17, 15) is 18.8 Å². The molecule has 2 aliphatic rings. The maximum absolute atomic E-state index is 13.1. The Hall–Kier alpha value is -2.97. The van der Waals surface area contributed by atoms with Gasteiger partial charge < -0.3 is 9.64 Å².